The zero-order chi connectivity index (χ0) is 26.3. The highest BCUT2D eigenvalue weighted by Crippen LogP contribution is 2.48. The Morgan fingerprint density at radius 3 is 2.82 bits per heavy atom. The van der Waals surface area contributed by atoms with Gasteiger partial charge in [-0.2, -0.15) is 5.10 Å². The molecule has 2 aromatic carbocycles. The summed E-state index contributed by atoms with van der Waals surface area (Å²) in [5.41, 5.74) is 8.93. The third-order valence-electron chi connectivity index (χ3n) is 8.17. The molecule has 194 valence electrons. The van der Waals surface area contributed by atoms with E-state index in [1.165, 1.54) is 0 Å². The Labute approximate surface area is 223 Å². The van der Waals surface area contributed by atoms with Gasteiger partial charge in [-0.3, -0.25) is 14.3 Å². The topological polar surface area (TPSA) is 115 Å². The standard InChI is InChI=1S/C28H27ClN6O3/c1-14-3-6-22(15-4-5-20-23(9-15)38-28(7-8-28)27(37)33-20)35(13-14)26(36)16-10-17-21(11-19(16)29)32-25(30)18-12-31-34(2)24(17)18/h4-5,9-12,14,22H,3,6-8,13H2,1-2H3,(H2,30,32)(H,33,37)/t14-,22?/m0/s1. The Bertz CT molecular complexity index is 1680. The van der Waals surface area contributed by atoms with Crippen LogP contribution in [0.25, 0.3) is 21.8 Å². The molecule has 2 amide bonds. The number of hydrogen-bond acceptors (Lipinski definition) is 6. The third kappa shape index (κ3) is 3.45. The van der Waals surface area contributed by atoms with Crippen LogP contribution in [-0.4, -0.2) is 43.6 Å². The van der Waals surface area contributed by atoms with E-state index >= 15 is 0 Å². The van der Waals surface area contributed by atoms with Crippen molar-refractivity contribution in [2.75, 3.05) is 17.6 Å². The highest BCUT2D eigenvalue weighted by Gasteiger charge is 2.55. The average molecular weight is 531 g/mol. The predicted octanol–water partition coefficient (Wildman–Crippen LogP) is 4.83. The molecule has 0 bridgehead atoms. The molecule has 1 spiro atoms. The Hall–Kier alpha value is -3.85. The molecule has 1 unspecified atom stereocenters. The van der Waals surface area contributed by atoms with Gasteiger partial charge in [0.2, 0.25) is 0 Å². The lowest BCUT2D eigenvalue weighted by Gasteiger charge is -2.39. The van der Waals surface area contributed by atoms with Crippen molar-refractivity contribution < 1.29 is 14.3 Å². The summed E-state index contributed by atoms with van der Waals surface area (Å²) in [6.07, 6.45) is 4.94. The first-order valence-electron chi connectivity index (χ1n) is 12.9. The summed E-state index contributed by atoms with van der Waals surface area (Å²) in [5, 5.41) is 9.15. The first kappa shape index (κ1) is 23.3. The molecule has 2 atom stereocenters. The fourth-order valence-corrected chi connectivity index (χ4v) is 6.13. The van der Waals surface area contributed by atoms with Crippen LogP contribution in [0.15, 0.2) is 36.5 Å². The van der Waals surface area contributed by atoms with Gasteiger partial charge >= 0.3 is 0 Å². The molecular formula is C28H27ClN6O3. The number of nitrogens with zero attached hydrogens (tertiary/aromatic N) is 4. The Morgan fingerprint density at radius 2 is 2.03 bits per heavy atom. The molecular weight excluding hydrogens is 504 g/mol. The van der Waals surface area contributed by atoms with E-state index in [2.05, 4.69) is 22.3 Å². The molecule has 4 aromatic rings. The number of halogens is 1. The van der Waals surface area contributed by atoms with Gasteiger partial charge in [0.1, 0.15) is 11.6 Å². The number of carbonyl (C=O) groups is 2. The summed E-state index contributed by atoms with van der Waals surface area (Å²) in [6, 6.07) is 9.20. The number of amides is 2. The van der Waals surface area contributed by atoms with E-state index in [9.17, 15) is 9.59 Å². The zero-order valence-corrected chi connectivity index (χ0v) is 21.9. The monoisotopic (exact) mass is 530 g/mol. The molecule has 0 radical (unpaired) electrons. The normalized spacial score (nSPS) is 21.9. The van der Waals surface area contributed by atoms with Crippen LogP contribution < -0.4 is 15.8 Å². The van der Waals surface area contributed by atoms with Crippen LogP contribution in [0.2, 0.25) is 5.02 Å². The number of nitrogens with two attached hydrogens (primary N) is 1. The number of carbonyl (C=O) groups excluding carboxylic acids is 2. The number of piperidine rings is 1. The summed E-state index contributed by atoms with van der Waals surface area (Å²) in [5.74, 6) is 1.18. The minimum atomic E-state index is -0.727. The van der Waals surface area contributed by atoms with Gasteiger partial charge in [0, 0.05) is 31.8 Å². The number of rotatable bonds is 2. The summed E-state index contributed by atoms with van der Waals surface area (Å²) >= 11 is 6.70. The van der Waals surface area contributed by atoms with Crippen molar-refractivity contribution in [1.29, 1.82) is 0 Å². The molecule has 3 aliphatic rings. The molecule has 1 saturated carbocycles. The number of nitrogen functional groups attached to an aromatic ring is 1. The fourth-order valence-electron chi connectivity index (χ4n) is 5.89. The number of nitrogens with one attached hydrogen (secondary N) is 1. The van der Waals surface area contributed by atoms with E-state index in [0.717, 1.165) is 47.5 Å². The first-order valence-corrected chi connectivity index (χ1v) is 13.3. The molecule has 9 nitrogen and oxygen atoms in total. The number of benzene rings is 2. The van der Waals surface area contributed by atoms with Crippen molar-refractivity contribution in [3.05, 3.63) is 52.7 Å². The number of likely N-dealkylation sites (tertiary alicyclic amines) is 1. The van der Waals surface area contributed by atoms with Crippen LogP contribution in [0.1, 0.15) is 54.6 Å². The number of pyridine rings is 1. The highest BCUT2D eigenvalue weighted by atomic mass is 35.5. The maximum Gasteiger partial charge on any atom is 0.268 e. The Morgan fingerprint density at radius 1 is 1.21 bits per heavy atom. The van der Waals surface area contributed by atoms with E-state index in [0.29, 0.717) is 45.8 Å². The molecule has 10 heteroatoms. The summed E-state index contributed by atoms with van der Waals surface area (Å²) in [4.78, 5) is 32.9. The lowest BCUT2D eigenvalue weighted by molar-refractivity contribution is -0.125. The van der Waals surface area contributed by atoms with E-state index in [4.69, 9.17) is 22.1 Å². The third-order valence-corrected chi connectivity index (χ3v) is 8.48. The molecule has 2 aromatic heterocycles. The van der Waals surface area contributed by atoms with Crippen molar-refractivity contribution in [2.45, 2.75) is 44.2 Å². The second-order valence-electron chi connectivity index (χ2n) is 10.8. The lowest BCUT2D eigenvalue weighted by Crippen LogP contribution is -2.42. The fraction of sp³-hybridized carbons (Fsp3) is 0.357. The minimum Gasteiger partial charge on any atom is -0.475 e. The van der Waals surface area contributed by atoms with E-state index in [1.54, 1.807) is 16.9 Å². The van der Waals surface area contributed by atoms with Gasteiger partial charge in [0.25, 0.3) is 11.8 Å². The van der Waals surface area contributed by atoms with E-state index in [-0.39, 0.29) is 17.9 Å². The van der Waals surface area contributed by atoms with Gasteiger partial charge in [-0.25, -0.2) is 4.98 Å². The van der Waals surface area contributed by atoms with Crippen molar-refractivity contribution >= 4 is 56.7 Å². The van der Waals surface area contributed by atoms with Gasteiger partial charge in [0.15, 0.2) is 5.60 Å². The smallest absolute Gasteiger partial charge is 0.268 e. The SMILES string of the molecule is C[C@H]1CCC(c2ccc3c(c2)OC2(CC2)C(=O)N3)N(C(=O)c2cc3c(cc2Cl)nc(N)c2cnn(C)c23)C1. The quantitative estimate of drug-likeness (QED) is 0.383. The number of hydrogen-bond donors (Lipinski definition) is 2. The molecule has 2 fully saturated rings. The first-order chi connectivity index (χ1) is 18.2. The Kier molecular flexibility index (Phi) is 4.95. The number of anilines is 2. The van der Waals surface area contributed by atoms with Gasteiger partial charge < -0.3 is 20.7 Å². The predicted molar refractivity (Wildman–Crippen MR) is 145 cm³/mol. The van der Waals surface area contributed by atoms with Crippen molar-refractivity contribution in [3.63, 3.8) is 0 Å². The van der Waals surface area contributed by atoms with E-state index < -0.39 is 5.60 Å². The van der Waals surface area contributed by atoms with Gasteiger partial charge in [-0.15, -0.1) is 0 Å². The number of ether oxygens (including phenoxy) is 1. The van der Waals surface area contributed by atoms with E-state index in [1.807, 2.05) is 36.2 Å². The maximum atomic E-state index is 14.2. The van der Waals surface area contributed by atoms with Crippen LogP contribution in [0.4, 0.5) is 11.5 Å². The molecule has 38 heavy (non-hydrogen) atoms. The molecule has 1 saturated heterocycles. The van der Waals surface area contributed by atoms with Crippen LogP contribution in [0.5, 0.6) is 5.75 Å². The van der Waals surface area contributed by atoms with Crippen molar-refractivity contribution in [1.82, 2.24) is 19.7 Å². The molecule has 3 N–H and O–H groups in total. The average Bonchev–Trinajstić information content (AvgIpc) is 3.56. The van der Waals surface area contributed by atoms with Gasteiger partial charge in [-0.05, 0) is 48.6 Å². The van der Waals surface area contributed by atoms with Crippen LogP contribution in [-0.2, 0) is 11.8 Å². The minimum absolute atomic E-state index is 0.0780. The second kappa shape index (κ2) is 8.07. The lowest BCUT2D eigenvalue weighted by atomic mass is 9.89. The highest BCUT2D eigenvalue weighted by molar-refractivity contribution is 6.35. The second-order valence-corrected chi connectivity index (χ2v) is 11.2. The maximum absolute atomic E-state index is 14.2. The van der Waals surface area contributed by atoms with Crippen molar-refractivity contribution in [2.24, 2.45) is 13.0 Å². The summed E-state index contributed by atoms with van der Waals surface area (Å²) < 4.78 is 7.87. The van der Waals surface area contributed by atoms with Gasteiger partial charge in [-0.1, -0.05) is 24.6 Å². The van der Waals surface area contributed by atoms with Crippen molar-refractivity contribution in [3.8, 4) is 5.75 Å². The van der Waals surface area contributed by atoms with Crippen LogP contribution in [0.3, 0.4) is 0 Å². The largest absolute Gasteiger partial charge is 0.475 e. The molecule has 7 rings (SSSR count). The van der Waals surface area contributed by atoms with Crippen LogP contribution in [0, 0.1) is 5.92 Å². The number of aromatic nitrogens is 3. The van der Waals surface area contributed by atoms with Crippen LogP contribution >= 0.6 is 11.6 Å². The summed E-state index contributed by atoms with van der Waals surface area (Å²) in [6.45, 7) is 2.77. The number of aryl methyl sites for hydroxylation is 1. The van der Waals surface area contributed by atoms with Gasteiger partial charge in [0.05, 0.1) is 44.9 Å². The molecule has 4 heterocycles. The molecule has 1 aliphatic carbocycles. The molecule has 2 aliphatic heterocycles. The zero-order valence-electron chi connectivity index (χ0n) is 21.1. The Balaban J connectivity index is 1.29. The number of fused-ring (bicyclic) bond motifs is 4. The summed E-state index contributed by atoms with van der Waals surface area (Å²) in [7, 11) is 1.84.